The molecule has 0 radical (unpaired) electrons. The minimum absolute atomic E-state index is 0.254. The van der Waals surface area contributed by atoms with Crippen LogP contribution in [0, 0.1) is 0 Å². The molecule has 0 aliphatic carbocycles. The van der Waals surface area contributed by atoms with Crippen LogP contribution in [0.4, 0.5) is 0 Å². The van der Waals surface area contributed by atoms with E-state index in [0.717, 1.165) is 17.1 Å². The van der Waals surface area contributed by atoms with Gasteiger partial charge >= 0.3 is 5.97 Å². The van der Waals surface area contributed by atoms with E-state index in [-0.39, 0.29) is 5.97 Å². The molecule has 0 atom stereocenters. The van der Waals surface area contributed by atoms with Crippen molar-refractivity contribution in [1.29, 1.82) is 0 Å². The summed E-state index contributed by atoms with van der Waals surface area (Å²) in [6.45, 7) is 0. The van der Waals surface area contributed by atoms with Crippen molar-refractivity contribution >= 4 is 5.97 Å². The molecule has 0 aliphatic rings. The van der Waals surface area contributed by atoms with E-state index < -0.39 is 0 Å². The quantitative estimate of drug-likeness (QED) is 0.604. The Balaban J connectivity index is 1.83. The van der Waals surface area contributed by atoms with E-state index in [1.165, 1.54) is 0 Å². The molecule has 110 valence electrons. The van der Waals surface area contributed by atoms with Gasteiger partial charge in [-0.1, -0.05) is 12.1 Å². The van der Waals surface area contributed by atoms with Crippen LogP contribution in [0.2, 0.25) is 0 Å². The van der Waals surface area contributed by atoms with E-state index >= 15 is 0 Å². The topological polar surface area (TPSA) is 44.8 Å². The zero-order valence-corrected chi connectivity index (χ0v) is 12.2. The number of esters is 1. The van der Waals surface area contributed by atoms with Crippen molar-refractivity contribution in [3.8, 4) is 17.2 Å². The maximum atomic E-state index is 11.8. The summed E-state index contributed by atoms with van der Waals surface area (Å²) in [5, 5.41) is 0. The van der Waals surface area contributed by atoms with Crippen LogP contribution in [0.15, 0.2) is 48.5 Å². The van der Waals surface area contributed by atoms with Crippen molar-refractivity contribution in [3.05, 3.63) is 54.1 Å². The van der Waals surface area contributed by atoms with Gasteiger partial charge in [0.25, 0.3) is 0 Å². The lowest BCUT2D eigenvalue weighted by molar-refractivity contribution is -0.134. The number of rotatable bonds is 6. The van der Waals surface area contributed by atoms with Crippen molar-refractivity contribution < 1.29 is 19.0 Å². The fourth-order valence-electron chi connectivity index (χ4n) is 1.86. The van der Waals surface area contributed by atoms with E-state index in [0.29, 0.717) is 18.6 Å². The Labute approximate surface area is 124 Å². The average Bonchev–Trinajstić information content (AvgIpc) is 2.54. The summed E-state index contributed by atoms with van der Waals surface area (Å²) >= 11 is 0. The molecule has 2 rings (SSSR count). The molecular weight excluding hydrogens is 268 g/mol. The molecule has 0 bridgehead atoms. The molecule has 4 heteroatoms. The Hall–Kier alpha value is -2.49. The van der Waals surface area contributed by atoms with Crippen LogP contribution in [-0.2, 0) is 11.2 Å². The summed E-state index contributed by atoms with van der Waals surface area (Å²) in [4.78, 5) is 11.8. The second-order valence-corrected chi connectivity index (χ2v) is 4.50. The predicted molar refractivity (Wildman–Crippen MR) is 79.9 cm³/mol. The smallest absolute Gasteiger partial charge is 0.311 e. The third-order valence-corrected chi connectivity index (χ3v) is 3.07. The first-order chi connectivity index (χ1) is 10.2. The monoisotopic (exact) mass is 286 g/mol. The van der Waals surface area contributed by atoms with Crippen molar-refractivity contribution in [1.82, 2.24) is 0 Å². The Morgan fingerprint density at radius 2 is 1.29 bits per heavy atom. The van der Waals surface area contributed by atoms with Crippen LogP contribution in [0.25, 0.3) is 0 Å². The Bertz CT molecular complexity index is 573. The summed E-state index contributed by atoms with van der Waals surface area (Å²) in [7, 11) is 3.22. The molecule has 0 saturated carbocycles. The van der Waals surface area contributed by atoms with E-state index in [1.54, 1.807) is 38.5 Å². The van der Waals surface area contributed by atoms with Gasteiger partial charge in [0.2, 0.25) is 0 Å². The molecule has 0 unspecified atom stereocenters. The summed E-state index contributed by atoms with van der Waals surface area (Å²) < 4.78 is 15.4. The van der Waals surface area contributed by atoms with Gasteiger partial charge in [-0.15, -0.1) is 0 Å². The zero-order valence-electron chi connectivity index (χ0n) is 12.2. The van der Waals surface area contributed by atoms with E-state index in [2.05, 4.69) is 0 Å². The molecule has 0 spiro atoms. The van der Waals surface area contributed by atoms with Crippen LogP contribution >= 0.6 is 0 Å². The lowest BCUT2D eigenvalue weighted by Gasteiger charge is -2.06. The van der Waals surface area contributed by atoms with Gasteiger partial charge in [-0.2, -0.15) is 0 Å². The first kappa shape index (κ1) is 14.9. The number of benzene rings is 2. The number of hydrogen-bond acceptors (Lipinski definition) is 4. The fraction of sp³-hybridized carbons (Fsp3) is 0.235. The summed E-state index contributed by atoms with van der Waals surface area (Å²) in [6.07, 6.45) is 0.970. The molecule has 0 N–H and O–H groups in total. The molecule has 4 nitrogen and oxygen atoms in total. The van der Waals surface area contributed by atoms with Crippen molar-refractivity contribution in [2.75, 3.05) is 14.2 Å². The first-order valence-electron chi connectivity index (χ1n) is 6.69. The molecule has 0 heterocycles. The lowest BCUT2D eigenvalue weighted by atomic mass is 10.1. The summed E-state index contributed by atoms with van der Waals surface area (Å²) in [5.41, 5.74) is 1.07. The number of hydrogen-bond donors (Lipinski definition) is 0. The molecular formula is C17H18O4. The molecule has 0 aromatic heterocycles. The lowest BCUT2D eigenvalue weighted by Crippen LogP contribution is -2.08. The van der Waals surface area contributed by atoms with Crippen LogP contribution in [0.5, 0.6) is 17.2 Å². The van der Waals surface area contributed by atoms with Gasteiger partial charge in [0.05, 0.1) is 14.2 Å². The summed E-state index contributed by atoms with van der Waals surface area (Å²) in [5.74, 6) is 1.80. The SMILES string of the molecule is COc1ccc(CCC(=O)Oc2ccc(OC)cc2)cc1. The number of methoxy groups -OCH3 is 2. The predicted octanol–water partition coefficient (Wildman–Crippen LogP) is 3.24. The molecule has 0 amide bonds. The fourth-order valence-corrected chi connectivity index (χ4v) is 1.86. The van der Waals surface area contributed by atoms with Crippen LogP contribution in [0.3, 0.4) is 0 Å². The molecule has 2 aromatic rings. The average molecular weight is 286 g/mol. The van der Waals surface area contributed by atoms with Crippen molar-refractivity contribution in [2.24, 2.45) is 0 Å². The molecule has 21 heavy (non-hydrogen) atoms. The van der Waals surface area contributed by atoms with E-state index in [9.17, 15) is 4.79 Å². The van der Waals surface area contributed by atoms with E-state index in [1.807, 2.05) is 24.3 Å². The van der Waals surface area contributed by atoms with Crippen LogP contribution < -0.4 is 14.2 Å². The molecule has 2 aromatic carbocycles. The Kier molecular flexibility index (Phi) is 5.21. The zero-order chi connectivity index (χ0) is 15.1. The van der Waals surface area contributed by atoms with Gasteiger partial charge in [0, 0.05) is 6.42 Å². The molecule has 0 fully saturated rings. The van der Waals surface area contributed by atoms with Gasteiger partial charge in [-0.25, -0.2) is 0 Å². The van der Waals surface area contributed by atoms with Gasteiger partial charge in [-0.05, 0) is 48.4 Å². The summed E-state index contributed by atoms with van der Waals surface area (Å²) in [6, 6.07) is 14.6. The second-order valence-electron chi connectivity index (χ2n) is 4.50. The maximum absolute atomic E-state index is 11.8. The Morgan fingerprint density at radius 3 is 1.81 bits per heavy atom. The maximum Gasteiger partial charge on any atom is 0.311 e. The highest BCUT2D eigenvalue weighted by Crippen LogP contribution is 2.18. The minimum atomic E-state index is -0.254. The largest absolute Gasteiger partial charge is 0.497 e. The highest BCUT2D eigenvalue weighted by Gasteiger charge is 2.06. The van der Waals surface area contributed by atoms with Crippen LogP contribution in [0.1, 0.15) is 12.0 Å². The van der Waals surface area contributed by atoms with Crippen LogP contribution in [-0.4, -0.2) is 20.2 Å². The molecule has 0 aliphatic heterocycles. The third-order valence-electron chi connectivity index (χ3n) is 3.07. The molecule has 0 saturated heterocycles. The number of aryl methyl sites for hydroxylation is 1. The normalized spacial score (nSPS) is 10.0. The Morgan fingerprint density at radius 1 is 0.810 bits per heavy atom. The number of ether oxygens (including phenoxy) is 3. The number of carbonyl (C=O) groups is 1. The van der Waals surface area contributed by atoms with Gasteiger partial charge in [0.15, 0.2) is 0 Å². The highest BCUT2D eigenvalue weighted by molar-refractivity contribution is 5.72. The van der Waals surface area contributed by atoms with Gasteiger partial charge in [-0.3, -0.25) is 4.79 Å². The van der Waals surface area contributed by atoms with E-state index in [4.69, 9.17) is 14.2 Å². The van der Waals surface area contributed by atoms with Gasteiger partial charge in [0.1, 0.15) is 17.2 Å². The van der Waals surface area contributed by atoms with Gasteiger partial charge < -0.3 is 14.2 Å². The minimum Gasteiger partial charge on any atom is -0.497 e. The van der Waals surface area contributed by atoms with Crippen molar-refractivity contribution in [2.45, 2.75) is 12.8 Å². The highest BCUT2D eigenvalue weighted by atomic mass is 16.5. The number of carbonyl (C=O) groups excluding carboxylic acids is 1. The third kappa shape index (κ3) is 4.53. The first-order valence-corrected chi connectivity index (χ1v) is 6.69. The second kappa shape index (κ2) is 7.33. The standard InChI is InChI=1S/C17H18O4/c1-19-14-6-3-13(4-7-14)5-12-17(18)21-16-10-8-15(20-2)9-11-16/h3-4,6-11H,5,12H2,1-2H3. The van der Waals surface area contributed by atoms with Crippen molar-refractivity contribution in [3.63, 3.8) is 0 Å².